The van der Waals surface area contributed by atoms with E-state index in [2.05, 4.69) is 27.3 Å². The highest BCUT2D eigenvalue weighted by Gasteiger charge is 2.29. The summed E-state index contributed by atoms with van der Waals surface area (Å²) >= 11 is 0. The lowest BCUT2D eigenvalue weighted by molar-refractivity contribution is 0.0668. The van der Waals surface area contributed by atoms with Crippen molar-refractivity contribution in [1.29, 1.82) is 0 Å². The average molecular weight is 393 g/mol. The molecule has 1 unspecified atom stereocenters. The molecule has 7 heteroatoms. The minimum absolute atomic E-state index is 0.00557. The van der Waals surface area contributed by atoms with Crippen molar-refractivity contribution in [2.45, 2.75) is 25.9 Å². The van der Waals surface area contributed by atoms with Crippen LogP contribution in [0, 0.1) is 5.82 Å². The molecule has 3 aromatic rings. The second-order valence-corrected chi connectivity index (χ2v) is 7.38. The molecular formula is C22H24FN5O. The summed E-state index contributed by atoms with van der Waals surface area (Å²) in [6.07, 6.45) is 2.55. The lowest BCUT2D eigenvalue weighted by Gasteiger charge is -2.40. The summed E-state index contributed by atoms with van der Waals surface area (Å²) in [5.74, 6) is -0.358. The largest absolute Gasteiger partial charge is 0.368 e. The molecule has 29 heavy (non-hydrogen) atoms. The van der Waals surface area contributed by atoms with Gasteiger partial charge in [-0.05, 0) is 37.1 Å². The SMILES string of the molecule is CC1CN(c2cccc(F)c2)CCN1C(=O)c1cn(CCc2ccccc2)nn1. The first kappa shape index (κ1) is 19.1. The first-order valence-corrected chi connectivity index (χ1v) is 9.86. The van der Waals surface area contributed by atoms with Gasteiger partial charge in [0, 0.05) is 37.9 Å². The molecular weight excluding hydrogens is 369 g/mol. The quantitative estimate of drug-likeness (QED) is 0.669. The van der Waals surface area contributed by atoms with Gasteiger partial charge >= 0.3 is 0 Å². The van der Waals surface area contributed by atoms with Crippen LogP contribution >= 0.6 is 0 Å². The third-order valence-electron chi connectivity index (χ3n) is 5.29. The van der Waals surface area contributed by atoms with Crippen LogP contribution in [0.4, 0.5) is 10.1 Å². The Balaban J connectivity index is 1.37. The second-order valence-electron chi connectivity index (χ2n) is 7.38. The smallest absolute Gasteiger partial charge is 0.276 e. The summed E-state index contributed by atoms with van der Waals surface area (Å²) in [6.45, 7) is 4.54. The normalized spacial score (nSPS) is 16.8. The molecule has 1 aromatic heterocycles. The maximum absolute atomic E-state index is 13.5. The van der Waals surface area contributed by atoms with Gasteiger partial charge in [-0.3, -0.25) is 9.48 Å². The highest BCUT2D eigenvalue weighted by atomic mass is 19.1. The predicted molar refractivity (Wildman–Crippen MR) is 109 cm³/mol. The summed E-state index contributed by atoms with van der Waals surface area (Å²) in [4.78, 5) is 16.9. The number of aryl methyl sites for hydroxylation is 2. The second kappa shape index (κ2) is 8.43. The number of carbonyl (C=O) groups is 1. The third-order valence-corrected chi connectivity index (χ3v) is 5.29. The zero-order valence-electron chi connectivity index (χ0n) is 16.4. The van der Waals surface area contributed by atoms with Crippen LogP contribution in [-0.4, -0.2) is 51.5 Å². The van der Waals surface area contributed by atoms with E-state index in [4.69, 9.17) is 0 Å². The zero-order chi connectivity index (χ0) is 20.2. The Kier molecular flexibility index (Phi) is 5.55. The average Bonchev–Trinajstić information content (AvgIpc) is 3.21. The van der Waals surface area contributed by atoms with Crippen LogP contribution in [-0.2, 0) is 13.0 Å². The number of rotatable bonds is 5. The number of hydrogen-bond donors (Lipinski definition) is 0. The highest BCUT2D eigenvalue weighted by molar-refractivity contribution is 5.92. The Hall–Kier alpha value is -3.22. The molecule has 1 amide bonds. The maximum Gasteiger partial charge on any atom is 0.276 e. The van der Waals surface area contributed by atoms with Crippen LogP contribution < -0.4 is 4.90 Å². The van der Waals surface area contributed by atoms with Gasteiger partial charge in [0.05, 0.1) is 6.20 Å². The van der Waals surface area contributed by atoms with Crippen LogP contribution in [0.2, 0.25) is 0 Å². The van der Waals surface area contributed by atoms with Crippen molar-refractivity contribution in [3.63, 3.8) is 0 Å². The van der Waals surface area contributed by atoms with Gasteiger partial charge < -0.3 is 9.80 Å². The van der Waals surface area contributed by atoms with Gasteiger partial charge in [0.2, 0.25) is 0 Å². The molecule has 4 rings (SSSR count). The van der Waals surface area contributed by atoms with E-state index in [1.54, 1.807) is 16.9 Å². The molecule has 150 valence electrons. The zero-order valence-corrected chi connectivity index (χ0v) is 16.4. The molecule has 0 radical (unpaired) electrons. The molecule has 2 heterocycles. The monoisotopic (exact) mass is 393 g/mol. The molecule has 6 nitrogen and oxygen atoms in total. The van der Waals surface area contributed by atoms with Crippen molar-refractivity contribution in [1.82, 2.24) is 19.9 Å². The van der Waals surface area contributed by atoms with Crippen molar-refractivity contribution in [3.8, 4) is 0 Å². The van der Waals surface area contributed by atoms with E-state index in [9.17, 15) is 9.18 Å². The number of nitrogens with zero attached hydrogens (tertiary/aromatic N) is 5. The van der Waals surface area contributed by atoms with Crippen molar-refractivity contribution < 1.29 is 9.18 Å². The van der Waals surface area contributed by atoms with Crippen molar-refractivity contribution in [2.75, 3.05) is 24.5 Å². The lowest BCUT2D eigenvalue weighted by Crippen LogP contribution is -2.54. The van der Waals surface area contributed by atoms with Gasteiger partial charge in [-0.15, -0.1) is 5.10 Å². The van der Waals surface area contributed by atoms with Gasteiger partial charge in [0.1, 0.15) is 5.82 Å². The lowest BCUT2D eigenvalue weighted by atomic mass is 10.1. The Morgan fingerprint density at radius 1 is 1.14 bits per heavy atom. The Labute approximate surface area is 169 Å². The number of aromatic nitrogens is 3. The van der Waals surface area contributed by atoms with Crippen LogP contribution in [0.5, 0.6) is 0 Å². The van der Waals surface area contributed by atoms with E-state index < -0.39 is 0 Å². The maximum atomic E-state index is 13.5. The number of carbonyl (C=O) groups excluding carboxylic acids is 1. The van der Waals surface area contributed by atoms with E-state index in [-0.39, 0.29) is 17.8 Å². The van der Waals surface area contributed by atoms with Crippen LogP contribution in [0.3, 0.4) is 0 Å². The molecule has 2 aromatic carbocycles. The summed E-state index contributed by atoms with van der Waals surface area (Å²) < 4.78 is 15.2. The minimum atomic E-state index is -0.249. The Bertz CT molecular complexity index is 974. The number of piperazine rings is 1. The first-order chi connectivity index (χ1) is 14.1. The fraction of sp³-hybridized carbons (Fsp3) is 0.318. The van der Waals surface area contributed by atoms with Crippen molar-refractivity contribution >= 4 is 11.6 Å². The summed E-state index contributed by atoms with van der Waals surface area (Å²) in [5.41, 5.74) is 2.43. The van der Waals surface area contributed by atoms with E-state index in [1.165, 1.54) is 17.7 Å². The molecule has 0 bridgehead atoms. The standard InChI is InChI=1S/C22H24FN5O/c1-17-15-26(20-9-5-8-19(23)14-20)12-13-28(17)22(29)21-16-27(25-24-21)11-10-18-6-3-2-4-7-18/h2-9,14,16-17H,10-13,15H2,1H3. The summed E-state index contributed by atoms with van der Waals surface area (Å²) in [7, 11) is 0. The molecule has 1 aliphatic heterocycles. The number of halogens is 1. The van der Waals surface area contributed by atoms with E-state index >= 15 is 0 Å². The Morgan fingerprint density at radius 2 is 1.97 bits per heavy atom. The molecule has 1 aliphatic rings. The van der Waals surface area contributed by atoms with Gasteiger partial charge in [0.25, 0.3) is 5.91 Å². The topological polar surface area (TPSA) is 54.3 Å². The summed E-state index contributed by atoms with van der Waals surface area (Å²) in [6, 6.07) is 16.7. The molecule has 0 aliphatic carbocycles. The van der Waals surface area contributed by atoms with Gasteiger partial charge in [-0.1, -0.05) is 41.6 Å². The van der Waals surface area contributed by atoms with Gasteiger partial charge in [-0.25, -0.2) is 4.39 Å². The fourth-order valence-corrected chi connectivity index (χ4v) is 3.71. The molecule has 1 atom stereocenters. The number of benzene rings is 2. The minimum Gasteiger partial charge on any atom is -0.368 e. The molecule has 1 saturated heterocycles. The van der Waals surface area contributed by atoms with E-state index in [0.717, 1.165) is 12.1 Å². The van der Waals surface area contributed by atoms with E-state index in [1.807, 2.05) is 36.1 Å². The van der Waals surface area contributed by atoms with Crippen molar-refractivity contribution in [3.05, 3.63) is 77.9 Å². The molecule has 0 saturated carbocycles. The summed E-state index contributed by atoms with van der Waals surface area (Å²) in [5, 5.41) is 8.20. The van der Waals surface area contributed by atoms with Gasteiger partial charge in [0.15, 0.2) is 5.69 Å². The fourth-order valence-electron chi connectivity index (χ4n) is 3.71. The van der Waals surface area contributed by atoms with Crippen LogP contribution in [0.15, 0.2) is 60.8 Å². The number of amides is 1. The molecule has 1 fully saturated rings. The third kappa shape index (κ3) is 4.45. The van der Waals surface area contributed by atoms with E-state index in [0.29, 0.717) is 31.9 Å². The molecule has 0 spiro atoms. The number of hydrogen-bond acceptors (Lipinski definition) is 4. The van der Waals surface area contributed by atoms with Gasteiger partial charge in [-0.2, -0.15) is 0 Å². The first-order valence-electron chi connectivity index (χ1n) is 9.86. The van der Waals surface area contributed by atoms with Crippen LogP contribution in [0.1, 0.15) is 23.0 Å². The highest BCUT2D eigenvalue weighted by Crippen LogP contribution is 2.21. The predicted octanol–water partition coefficient (Wildman–Crippen LogP) is 3.01. The molecule has 0 N–H and O–H groups in total. The van der Waals surface area contributed by atoms with Crippen LogP contribution in [0.25, 0.3) is 0 Å². The Morgan fingerprint density at radius 3 is 2.72 bits per heavy atom. The number of anilines is 1. The van der Waals surface area contributed by atoms with Crippen molar-refractivity contribution in [2.24, 2.45) is 0 Å².